The van der Waals surface area contributed by atoms with E-state index in [9.17, 15) is 19.5 Å². The first-order chi connectivity index (χ1) is 17.4. The third-order valence-corrected chi connectivity index (χ3v) is 6.53. The number of aromatic carboxylic acids is 1. The molecular formula is C27H24N2O7. The minimum atomic E-state index is -1.26. The zero-order valence-electron chi connectivity index (χ0n) is 19.9. The van der Waals surface area contributed by atoms with Crippen molar-refractivity contribution in [3.8, 4) is 11.5 Å². The van der Waals surface area contributed by atoms with Crippen LogP contribution in [0.2, 0.25) is 0 Å². The Hall–Kier alpha value is -4.37. The number of benzene rings is 3. The molecule has 2 heterocycles. The van der Waals surface area contributed by atoms with Crippen molar-refractivity contribution in [2.24, 2.45) is 5.92 Å². The van der Waals surface area contributed by atoms with Crippen LogP contribution < -0.4 is 19.4 Å². The third kappa shape index (κ3) is 3.56. The lowest BCUT2D eigenvalue weighted by molar-refractivity contribution is -0.126. The quantitative estimate of drug-likeness (QED) is 0.523. The number of fused-ring (bicyclic) bond motifs is 1. The number of ether oxygens (including phenoxy) is 2. The highest BCUT2D eigenvalue weighted by molar-refractivity contribution is 6.24. The summed E-state index contributed by atoms with van der Waals surface area (Å²) in [5, 5.41) is 11.6. The first-order valence-corrected chi connectivity index (χ1v) is 11.3. The zero-order chi connectivity index (χ0) is 25.6. The predicted molar refractivity (Wildman–Crippen MR) is 130 cm³/mol. The van der Waals surface area contributed by atoms with Gasteiger partial charge in [0.2, 0.25) is 5.91 Å². The van der Waals surface area contributed by atoms with Crippen LogP contribution in [-0.2, 0) is 14.4 Å². The minimum Gasteiger partial charge on any atom is -0.493 e. The van der Waals surface area contributed by atoms with Gasteiger partial charge in [0, 0.05) is 0 Å². The topological polar surface area (TPSA) is 106 Å². The summed E-state index contributed by atoms with van der Waals surface area (Å²) in [6, 6.07) is 18.2. The van der Waals surface area contributed by atoms with E-state index in [4.69, 9.17) is 14.3 Å². The van der Waals surface area contributed by atoms with E-state index in [2.05, 4.69) is 0 Å². The Morgan fingerprint density at radius 1 is 0.889 bits per heavy atom. The summed E-state index contributed by atoms with van der Waals surface area (Å²) in [4.78, 5) is 47.0. The summed E-state index contributed by atoms with van der Waals surface area (Å²) in [6.45, 7) is 1.91. The number of methoxy groups -OCH3 is 2. The van der Waals surface area contributed by atoms with Crippen LogP contribution in [0.4, 0.5) is 11.4 Å². The Balaban J connectivity index is 1.68. The molecule has 0 aliphatic carbocycles. The van der Waals surface area contributed by atoms with Crippen molar-refractivity contribution in [2.45, 2.75) is 19.1 Å². The minimum absolute atomic E-state index is 0.0196. The Morgan fingerprint density at radius 2 is 1.58 bits per heavy atom. The van der Waals surface area contributed by atoms with Crippen LogP contribution in [0.5, 0.6) is 11.5 Å². The molecule has 2 fully saturated rings. The van der Waals surface area contributed by atoms with Crippen molar-refractivity contribution in [3.63, 3.8) is 0 Å². The smallest absolute Gasteiger partial charge is 0.339 e. The van der Waals surface area contributed by atoms with E-state index >= 15 is 0 Å². The summed E-state index contributed by atoms with van der Waals surface area (Å²) >= 11 is 0. The van der Waals surface area contributed by atoms with Gasteiger partial charge >= 0.3 is 5.97 Å². The number of carboxylic acids is 1. The lowest BCUT2D eigenvalue weighted by Gasteiger charge is -2.30. The Labute approximate surface area is 207 Å². The molecule has 0 saturated carbocycles. The molecule has 0 bridgehead atoms. The van der Waals surface area contributed by atoms with Crippen molar-refractivity contribution in [1.29, 1.82) is 0 Å². The molecule has 0 unspecified atom stereocenters. The van der Waals surface area contributed by atoms with Gasteiger partial charge in [-0.25, -0.2) is 14.8 Å². The molecule has 0 aromatic heterocycles. The number of carboxylic acid groups (broad SMARTS) is 1. The van der Waals surface area contributed by atoms with E-state index in [-0.39, 0.29) is 22.6 Å². The Bertz CT molecular complexity index is 1340. The van der Waals surface area contributed by atoms with Gasteiger partial charge in [-0.3, -0.25) is 14.4 Å². The van der Waals surface area contributed by atoms with Gasteiger partial charge in [-0.2, -0.15) is 0 Å². The predicted octanol–water partition coefficient (Wildman–Crippen LogP) is 3.76. The zero-order valence-corrected chi connectivity index (χ0v) is 19.9. The van der Waals surface area contributed by atoms with Gasteiger partial charge in [0.05, 0.1) is 31.6 Å². The number of hydrogen-bond donors (Lipinski definition) is 1. The number of aryl methyl sites for hydroxylation is 1. The van der Waals surface area contributed by atoms with Crippen LogP contribution in [0.1, 0.15) is 27.5 Å². The fraction of sp³-hybridized carbons (Fsp3) is 0.222. The second-order valence-electron chi connectivity index (χ2n) is 8.58. The lowest BCUT2D eigenvalue weighted by atomic mass is 9.87. The number of hydrogen-bond acceptors (Lipinski definition) is 7. The van der Waals surface area contributed by atoms with Crippen molar-refractivity contribution < 1.29 is 33.8 Å². The second kappa shape index (κ2) is 9.01. The molecule has 2 aliphatic rings. The summed E-state index contributed by atoms with van der Waals surface area (Å²) in [6.07, 6.45) is -1.13. The fourth-order valence-corrected chi connectivity index (χ4v) is 4.89. The first-order valence-electron chi connectivity index (χ1n) is 11.3. The Kier molecular flexibility index (Phi) is 5.85. The lowest BCUT2D eigenvalue weighted by Crippen LogP contribution is -2.37. The van der Waals surface area contributed by atoms with Crippen LogP contribution in [-0.4, -0.2) is 43.2 Å². The SMILES string of the molecule is COc1ccc([C@@H]2[C@@H]3C(=O)N(c4ccc(C)cc4)C(=O)[C@@H]3ON2c2ccccc2)c(C(=O)O)c1OC. The van der Waals surface area contributed by atoms with Gasteiger partial charge in [-0.1, -0.05) is 42.0 Å². The fourth-order valence-electron chi connectivity index (χ4n) is 4.89. The van der Waals surface area contributed by atoms with Gasteiger partial charge in [0.25, 0.3) is 5.91 Å². The monoisotopic (exact) mass is 488 g/mol. The molecular weight excluding hydrogens is 464 g/mol. The molecule has 3 atom stereocenters. The van der Waals surface area contributed by atoms with Crippen LogP contribution >= 0.6 is 0 Å². The number of carbonyl (C=O) groups is 3. The number of amides is 2. The van der Waals surface area contributed by atoms with E-state index in [0.29, 0.717) is 11.4 Å². The highest BCUT2D eigenvalue weighted by Gasteiger charge is 2.61. The molecule has 3 aromatic carbocycles. The van der Waals surface area contributed by atoms with Gasteiger partial charge < -0.3 is 14.6 Å². The van der Waals surface area contributed by atoms with Crippen molar-refractivity contribution in [1.82, 2.24) is 0 Å². The largest absolute Gasteiger partial charge is 0.493 e. The second-order valence-corrected chi connectivity index (χ2v) is 8.58. The number of para-hydroxylation sites is 1. The van der Waals surface area contributed by atoms with Crippen LogP contribution in [0.25, 0.3) is 0 Å². The van der Waals surface area contributed by atoms with E-state index in [1.54, 1.807) is 48.5 Å². The van der Waals surface area contributed by atoms with E-state index < -0.39 is 35.8 Å². The number of carbonyl (C=O) groups excluding carboxylic acids is 2. The van der Waals surface area contributed by atoms with Gasteiger partial charge in [-0.15, -0.1) is 0 Å². The number of hydroxylamine groups is 1. The molecule has 184 valence electrons. The average Bonchev–Trinajstić information content (AvgIpc) is 3.39. The molecule has 36 heavy (non-hydrogen) atoms. The van der Waals surface area contributed by atoms with Gasteiger partial charge in [0.1, 0.15) is 11.5 Å². The molecule has 1 N–H and O–H groups in total. The van der Waals surface area contributed by atoms with Crippen LogP contribution in [0.15, 0.2) is 66.7 Å². The highest BCUT2D eigenvalue weighted by Crippen LogP contribution is 2.50. The van der Waals surface area contributed by atoms with E-state index in [1.807, 2.05) is 25.1 Å². The maximum Gasteiger partial charge on any atom is 0.339 e. The molecule has 9 heteroatoms. The van der Waals surface area contributed by atoms with Gasteiger partial charge in [-0.05, 0) is 42.8 Å². The highest BCUT2D eigenvalue weighted by atomic mass is 16.7. The van der Waals surface area contributed by atoms with Crippen molar-refractivity contribution in [3.05, 3.63) is 83.4 Å². The average molecular weight is 488 g/mol. The summed E-state index contributed by atoms with van der Waals surface area (Å²) in [5.41, 5.74) is 2.10. The third-order valence-electron chi connectivity index (χ3n) is 6.53. The number of rotatable bonds is 6. The number of anilines is 2. The molecule has 0 radical (unpaired) electrons. The van der Waals surface area contributed by atoms with Crippen LogP contribution in [0.3, 0.4) is 0 Å². The molecule has 3 aromatic rings. The maximum absolute atomic E-state index is 13.8. The normalized spacial score (nSPS) is 21.0. The first kappa shape index (κ1) is 23.4. The standard InChI is InChI=1S/C27H24N2O7/c1-15-9-11-16(12-10-15)28-25(30)21-22(18-13-14-19(34-2)23(35-3)20(18)27(32)33)29(36-24(21)26(28)31)17-7-5-4-6-8-17/h4-14,21-22,24H,1-3H3,(H,32,33)/t21-,22+,24+/m0/s1. The molecule has 9 nitrogen and oxygen atoms in total. The van der Waals surface area contributed by atoms with Crippen LogP contribution in [0, 0.1) is 12.8 Å². The molecule has 2 amide bonds. The molecule has 2 aliphatic heterocycles. The van der Waals surface area contributed by atoms with E-state index in [0.717, 1.165) is 10.5 Å². The molecule has 5 rings (SSSR count). The summed E-state index contributed by atoms with van der Waals surface area (Å²) in [7, 11) is 2.76. The van der Waals surface area contributed by atoms with Gasteiger partial charge in [0.15, 0.2) is 17.6 Å². The molecule has 2 saturated heterocycles. The van der Waals surface area contributed by atoms with E-state index in [1.165, 1.54) is 19.3 Å². The molecule has 0 spiro atoms. The summed E-state index contributed by atoms with van der Waals surface area (Å²) < 4.78 is 10.7. The number of nitrogens with zero attached hydrogens (tertiary/aromatic N) is 2. The van der Waals surface area contributed by atoms with Crippen molar-refractivity contribution >= 4 is 29.2 Å². The maximum atomic E-state index is 13.8. The Morgan fingerprint density at radius 3 is 2.19 bits per heavy atom. The van der Waals surface area contributed by atoms with Crippen molar-refractivity contribution in [2.75, 3.05) is 24.2 Å². The summed E-state index contributed by atoms with van der Waals surface area (Å²) in [5.74, 6) is -2.97. The number of imide groups is 1.